The van der Waals surface area contributed by atoms with Crippen LogP contribution in [0.25, 0.3) is 0 Å². The second kappa shape index (κ2) is 7.17. The number of hydrogen-bond donors (Lipinski definition) is 2. The van der Waals surface area contributed by atoms with Gasteiger partial charge in [0.25, 0.3) is 0 Å². The molecule has 0 aromatic carbocycles. The van der Waals surface area contributed by atoms with Gasteiger partial charge in [0.15, 0.2) is 0 Å². The van der Waals surface area contributed by atoms with Gasteiger partial charge in [0.05, 0.1) is 31.5 Å². The Bertz CT molecular complexity index is 156. The van der Waals surface area contributed by atoms with E-state index in [2.05, 4.69) is 0 Å². The molecular formula is C11H25NO3. The Morgan fingerprint density at radius 3 is 2.27 bits per heavy atom. The molecule has 0 saturated carbocycles. The third-order valence-corrected chi connectivity index (χ3v) is 2.08. The van der Waals surface area contributed by atoms with E-state index >= 15 is 0 Å². The molecule has 4 heteroatoms. The quantitative estimate of drug-likeness (QED) is 0.625. The summed E-state index contributed by atoms with van der Waals surface area (Å²) in [6.45, 7) is 8.91. The summed E-state index contributed by atoms with van der Waals surface area (Å²) < 4.78 is 10.9. The number of nitrogens with two attached hydrogens (primary N) is 1. The standard InChI is InChI=1S/C11H25NO3/c1-5-9(12)10(8-13)14-6-7-15-11(2,3)4/h9-10,13H,5-8,12H2,1-4H3. The van der Waals surface area contributed by atoms with Gasteiger partial charge in [-0.1, -0.05) is 6.92 Å². The summed E-state index contributed by atoms with van der Waals surface area (Å²) >= 11 is 0. The average molecular weight is 219 g/mol. The molecule has 0 aliphatic rings. The van der Waals surface area contributed by atoms with Crippen LogP contribution in [0.2, 0.25) is 0 Å². The lowest BCUT2D eigenvalue weighted by molar-refractivity contribution is -0.0666. The van der Waals surface area contributed by atoms with Crippen LogP contribution in [-0.2, 0) is 9.47 Å². The zero-order valence-corrected chi connectivity index (χ0v) is 10.3. The van der Waals surface area contributed by atoms with Crippen LogP contribution in [-0.4, -0.2) is 42.7 Å². The number of hydrogen-bond acceptors (Lipinski definition) is 4. The Hall–Kier alpha value is -0.160. The van der Waals surface area contributed by atoms with Crippen molar-refractivity contribution in [1.82, 2.24) is 0 Å². The van der Waals surface area contributed by atoms with Crippen LogP contribution in [0, 0.1) is 0 Å². The van der Waals surface area contributed by atoms with E-state index in [1.165, 1.54) is 0 Å². The van der Waals surface area contributed by atoms with Crippen molar-refractivity contribution >= 4 is 0 Å². The molecule has 0 spiro atoms. The monoisotopic (exact) mass is 219 g/mol. The highest BCUT2D eigenvalue weighted by Gasteiger charge is 2.16. The van der Waals surface area contributed by atoms with E-state index < -0.39 is 0 Å². The Morgan fingerprint density at radius 1 is 1.27 bits per heavy atom. The molecule has 0 aliphatic heterocycles. The minimum Gasteiger partial charge on any atom is -0.394 e. The molecule has 15 heavy (non-hydrogen) atoms. The van der Waals surface area contributed by atoms with Gasteiger partial charge in [0.2, 0.25) is 0 Å². The Kier molecular flexibility index (Phi) is 7.09. The third kappa shape index (κ3) is 7.73. The largest absolute Gasteiger partial charge is 0.394 e. The topological polar surface area (TPSA) is 64.7 Å². The third-order valence-electron chi connectivity index (χ3n) is 2.08. The average Bonchev–Trinajstić information content (AvgIpc) is 2.15. The lowest BCUT2D eigenvalue weighted by Crippen LogP contribution is -2.39. The molecule has 0 fully saturated rings. The summed E-state index contributed by atoms with van der Waals surface area (Å²) in [6, 6.07) is -0.107. The minimum absolute atomic E-state index is 0.0372. The summed E-state index contributed by atoms with van der Waals surface area (Å²) in [5.74, 6) is 0. The number of ether oxygens (including phenoxy) is 2. The van der Waals surface area contributed by atoms with E-state index in [9.17, 15) is 0 Å². The molecule has 0 aromatic rings. The summed E-state index contributed by atoms with van der Waals surface area (Å²) in [6.07, 6.45) is 0.518. The lowest BCUT2D eigenvalue weighted by Gasteiger charge is -2.23. The highest BCUT2D eigenvalue weighted by Crippen LogP contribution is 2.06. The number of aliphatic hydroxyl groups excluding tert-OH is 1. The molecule has 0 saturated heterocycles. The Labute approximate surface area is 92.7 Å². The zero-order chi connectivity index (χ0) is 11.9. The Balaban J connectivity index is 3.64. The first kappa shape index (κ1) is 14.8. The van der Waals surface area contributed by atoms with Crippen molar-refractivity contribution in [3.63, 3.8) is 0 Å². The lowest BCUT2D eigenvalue weighted by atomic mass is 10.1. The van der Waals surface area contributed by atoms with Crippen molar-refractivity contribution in [1.29, 1.82) is 0 Å². The van der Waals surface area contributed by atoms with Crippen LogP contribution in [0.4, 0.5) is 0 Å². The van der Waals surface area contributed by atoms with Gasteiger partial charge in [0.1, 0.15) is 0 Å². The first-order valence-electron chi connectivity index (χ1n) is 5.52. The molecular weight excluding hydrogens is 194 g/mol. The summed E-state index contributed by atoms with van der Waals surface area (Å²) in [4.78, 5) is 0. The fraction of sp³-hybridized carbons (Fsp3) is 1.00. The molecule has 92 valence electrons. The maximum absolute atomic E-state index is 9.04. The predicted octanol–water partition coefficient (Wildman–Crippen LogP) is 0.916. The van der Waals surface area contributed by atoms with Crippen molar-refractivity contribution in [2.75, 3.05) is 19.8 Å². The Morgan fingerprint density at radius 2 is 1.87 bits per heavy atom. The van der Waals surface area contributed by atoms with E-state index in [0.717, 1.165) is 6.42 Å². The first-order valence-corrected chi connectivity index (χ1v) is 5.52. The maximum atomic E-state index is 9.04. The number of aliphatic hydroxyl groups is 1. The van der Waals surface area contributed by atoms with E-state index in [4.69, 9.17) is 20.3 Å². The highest BCUT2D eigenvalue weighted by molar-refractivity contribution is 4.70. The molecule has 0 aromatic heterocycles. The fourth-order valence-electron chi connectivity index (χ4n) is 1.12. The van der Waals surface area contributed by atoms with Gasteiger partial charge in [-0.15, -0.1) is 0 Å². The highest BCUT2D eigenvalue weighted by atomic mass is 16.5. The minimum atomic E-state index is -0.279. The molecule has 4 nitrogen and oxygen atoms in total. The van der Waals surface area contributed by atoms with Gasteiger partial charge in [-0.3, -0.25) is 0 Å². The zero-order valence-electron chi connectivity index (χ0n) is 10.3. The molecule has 3 N–H and O–H groups in total. The molecule has 0 bridgehead atoms. The van der Waals surface area contributed by atoms with Crippen LogP contribution in [0.3, 0.4) is 0 Å². The van der Waals surface area contributed by atoms with Gasteiger partial charge in [0, 0.05) is 6.04 Å². The van der Waals surface area contributed by atoms with Crippen molar-refractivity contribution in [3.8, 4) is 0 Å². The molecule has 0 radical (unpaired) electrons. The molecule has 2 unspecified atom stereocenters. The predicted molar refractivity (Wildman–Crippen MR) is 60.8 cm³/mol. The van der Waals surface area contributed by atoms with Crippen LogP contribution in [0.5, 0.6) is 0 Å². The second-order valence-electron chi connectivity index (χ2n) is 4.62. The van der Waals surface area contributed by atoms with E-state index in [1.807, 2.05) is 27.7 Å². The maximum Gasteiger partial charge on any atom is 0.0957 e. The summed E-state index contributed by atoms with van der Waals surface area (Å²) in [7, 11) is 0. The van der Waals surface area contributed by atoms with Gasteiger partial charge < -0.3 is 20.3 Å². The van der Waals surface area contributed by atoms with Gasteiger partial charge in [-0.05, 0) is 27.2 Å². The summed E-state index contributed by atoms with van der Waals surface area (Å²) in [5, 5.41) is 9.04. The van der Waals surface area contributed by atoms with Crippen LogP contribution in [0.1, 0.15) is 34.1 Å². The second-order valence-corrected chi connectivity index (χ2v) is 4.62. The van der Waals surface area contributed by atoms with Crippen LogP contribution < -0.4 is 5.73 Å². The van der Waals surface area contributed by atoms with Crippen LogP contribution in [0.15, 0.2) is 0 Å². The summed E-state index contributed by atoms with van der Waals surface area (Å²) in [5.41, 5.74) is 5.62. The van der Waals surface area contributed by atoms with E-state index in [0.29, 0.717) is 13.2 Å². The van der Waals surface area contributed by atoms with Crippen molar-refractivity contribution in [2.45, 2.75) is 51.9 Å². The van der Waals surface area contributed by atoms with Crippen molar-refractivity contribution < 1.29 is 14.6 Å². The fourth-order valence-corrected chi connectivity index (χ4v) is 1.12. The molecule has 0 rings (SSSR count). The van der Waals surface area contributed by atoms with Gasteiger partial charge in [-0.25, -0.2) is 0 Å². The van der Waals surface area contributed by atoms with Crippen LogP contribution >= 0.6 is 0 Å². The SMILES string of the molecule is CCC(N)C(CO)OCCOC(C)(C)C. The normalized spacial score (nSPS) is 16.4. The number of rotatable bonds is 7. The van der Waals surface area contributed by atoms with E-state index in [1.54, 1.807) is 0 Å². The van der Waals surface area contributed by atoms with Crippen molar-refractivity contribution in [3.05, 3.63) is 0 Å². The molecule has 0 amide bonds. The van der Waals surface area contributed by atoms with Gasteiger partial charge in [-0.2, -0.15) is 0 Å². The molecule has 0 aliphatic carbocycles. The smallest absolute Gasteiger partial charge is 0.0957 e. The van der Waals surface area contributed by atoms with Gasteiger partial charge >= 0.3 is 0 Å². The first-order chi connectivity index (χ1) is 6.90. The molecule has 2 atom stereocenters. The van der Waals surface area contributed by atoms with Crippen molar-refractivity contribution in [2.24, 2.45) is 5.73 Å². The molecule has 0 heterocycles. The van der Waals surface area contributed by atoms with E-state index in [-0.39, 0.29) is 24.4 Å².